The minimum Gasteiger partial charge on any atom is -0.491 e. The number of hydrogen-bond acceptors (Lipinski definition) is 12. The number of rotatable bonds is 12. The summed E-state index contributed by atoms with van der Waals surface area (Å²) in [7, 11) is 3.92. The Bertz CT molecular complexity index is 2350. The molecular weight excluding hydrogens is 749 g/mol. The number of imide groups is 2. The van der Waals surface area contributed by atoms with Gasteiger partial charge in [0.25, 0.3) is 11.8 Å². The van der Waals surface area contributed by atoms with E-state index in [1.54, 1.807) is 6.07 Å². The Kier molecular flexibility index (Phi) is 11.0. The number of nitrogens with one attached hydrogen (secondary N) is 1. The van der Waals surface area contributed by atoms with Crippen molar-refractivity contribution in [1.29, 1.82) is 0 Å². The highest BCUT2D eigenvalue weighted by Crippen LogP contribution is 2.35. The number of thiazole rings is 1. The maximum absolute atomic E-state index is 13.4. The fraction of sp³-hybridized carbons (Fsp3) is 0.310. The zero-order chi connectivity index (χ0) is 40.4. The number of pyridine rings is 1. The molecular formula is C42H42N6O8S. The first-order chi connectivity index (χ1) is 27.3. The molecule has 2 aromatic heterocycles. The lowest BCUT2D eigenvalue weighted by Crippen LogP contribution is -2.54. The average Bonchev–Trinajstić information content (AvgIpc) is 3.71. The molecule has 294 valence electrons. The summed E-state index contributed by atoms with van der Waals surface area (Å²) in [6, 6.07) is 21.4. The first kappa shape index (κ1) is 39.1. The molecule has 0 aliphatic carbocycles. The fourth-order valence-electron chi connectivity index (χ4n) is 6.49. The molecule has 5 aromatic rings. The van der Waals surface area contributed by atoms with E-state index in [1.807, 2.05) is 82.4 Å². The van der Waals surface area contributed by atoms with E-state index in [4.69, 9.17) is 19.2 Å². The van der Waals surface area contributed by atoms with Crippen LogP contribution in [0.3, 0.4) is 0 Å². The Morgan fingerprint density at radius 3 is 2.32 bits per heavy atom. The van der Waals surface area contributed by atoms with E-state index < -0.39 is 41.4 Å². The second-order valence-corrected chi connectivity index (χ2v) is 15.8. The molecule has 0 spiro atoms. The molecule has 3 aromatic carbocycles. The molecule has 1 fully saturated rings. The van der Waals surface area contributed by atoms with Crippen LogP contribution < -0.4 is 19.9 Å². The molecule has 1 N–H and O–H groups in total. The van der Waals surface area contributed by atoms with Crippen LogP contribution in [-0.2, 0) is 19.1 Å². The van der Waals surface area contributed by atoms with Gasteiger partial charge < -0.3 is 19.1 Å². The van der Waals surface area contributed by atoms with Crippen LogP contribution in [0.5, 0.6) is 5.75 Å². The lowest BCUT2D eigenvalue weighted by molar-refractivity contribution is -0.136. The van der Waals surface area contributed by atoms with Crippen molar-refractivity contribution in [2.75, 3.05) is 50.3 Å². The molecule has 7 rings (SSSR count). The van der Waals surface area contributed by atoms with Crippen molar-refractivity contribution in [1.82, 2.24) is 20.2 Å². The third-order valence-electron chi connectivity index (χ3n) is 9.34. The van der Waals surface area contributed by atoms with Gasteiger partial charge in [0.2, 0.25) is 11.8 Å². The number of aromatic nitrogens is 2. The van der Waals surface area contributed by atoms with Crippen molar-refractivity contribution in [3.8, 4) is 27.4 Å². The van der Waals surface area contributed by atoms with Crippen LogP contribution in [-0.4, -0.2) is 96.7 Å². The van der Waals surface area contributed by atoms with Crippen molar-refractivity contribution < 1.29 is 38.2 Å². The standard InChI is InChI=1S/C42H42N6O8S/c1-42(2,3)56-41(53)47(18-19-54-20-21-55-29-12-13-30-31(23-29)40(52)48(39(30)51)33-15-17-36(49)45-37(33)50)28-11-14-32-34(22-28)57-38(44-32)26-8-6-25(7-9-26)27-10-16-35(43-24-27)46(4)5/h6-14,16,22-24,33H,15,17-21H2,1-5H3,(H,45,49,50). The second-order valence-electron chi connectivity index (χ2n) is 14.8. The van der Waals surface area contributed by atoms with E-state index in [-0.39, 0.29) is 50.3 Å². The Balaban J connectivity index is 0.967. The third-order valence-corrected chi connectivity index (χ3v) is 10.4. The monoisotopic (exact) mass is 790 g/mol. The van der Waals surface area contributed by atoms with Crippen molar-refractivity contribution in [2.24, 2.45) is 0 Å². The SMILES string of the molecule is CN(C)c1ccc(-c2ccc(-c3nc4ccc(N(CCOCCOc5ccc6c(c5)C(=O)N(C5CCC(=O)NC5=O)C6=O)C(=O)OC(C)(C)C)cc4s3)cc2)cn1. The third kappa shape index (κ3) is 8.64. The Hall–Kier alpha value is -6.19. The van der Waals surface area contributed by atoms with Gasteiger partial charge in [-0.15, -0.1) is 11.3 Å². The van der Waals surface area contributed by atoms with Gasteiger partial charge >= 0.3 is 6.09 Å². The quantitative estimate of drug-likeness (QED) is 0.111. The van der Waals surface area contributed by atoms with Crippen LogP contribution in [0.15, 0.2) is 79.0 Å². The topological polar surface area (TPSA) is 161 Å². The predicted octanol–water partition coefficient (Wildman–Crippen LogP) is 6.33. The highest BCUT2D eigenvalue weighted by molar-refractivity contribution is 7.21. The first-order valence-electron chi connectivity index (χ1n) is 18.5. The smallest absolute Gasteiger partial charge is 0.414 e. The van der Waals surface area contributed by atoms with Crippen molar-refractivity contribution in [3.63, 3.8) is 0 Å². The van der Waals surface area contributed by atoms with Gasteiger partial charge in [-0.05, 0) is 81.3 Å². The van der Waals surface area contributed by atoms with Gasteiger partial charge in [0.15, 0.2) is 0 Å². The van der Waals surface area contributed by atoms with Gasteiger partial charge in [-0.25, -0.2) is 14.8 Å². The normalized spacial score (nSPS) is 15.5. The lowest BCUT2D eigenvalue weighted by atomic mass is 10.0. The zero-order valence-corrected chi connectivity index (χ0v) is 33.1. The van der Waals surface area contributed by atoms with E-state index in [9.17, 15) is 24.0 Å². The summed E-state index contributed by atoms with van der Waals surface area (Å²) < 4.78 is 18.3. The number of amides is 5. The Morgan fingerprint density at radius 1 is 0.877 bits per heavy atom. The number of anilines is 2. The number of benzene rings is 3. The summed E-state index contributed by atoms with van der Waals surface area (Å²) in [4.78, 5) is 77.3. The van der Waals surface area contributed by atoms with Crippen LogP contribution in [0, 0.1) is 0 Å². The summed E-state index contributed by atoms with van der Waals surface area (Å²) >= 11 is 1.53. The maximum Gasteiger partial charge on any atom is 0.414 e. The number of fused-ring (bicyclic) bond motifs is 2. The molecule has 1 unspecified atom stereocenters. The summed E-state index contributed by atoms with van der Waals surface area (Å²) in [5.41, 5.74) is 4.08. The number of piperidine rings is 1. The summed E-state index contributed by atoms with van der Waals surface area (Å²) in [5.74, 6) is -1.07. The highest BCUT2D eigenvalue weighted by Gasteiger charge is 2.44. The van der Waals surface area contributed by atoms with Crippen LogP contribution >= 0.6 is 11.3 Å². The molecule has 1 saturated heterocycles. The van der Waals surface area contributed by atoms with Crippen molar-refractivity contribution in [3.05, 3.63) is 90.1 Å². The van der Waals surface area contributed by atoms with Crippen LogP contribution in [0.25, 0.3) is 31.9 Å². The molecule has 14 nitrogen and oxygen atoms in total. The van der Waals surface area contributed by atoms with Gasteiger partial charge in [0.05, 0.1) is 41.1 Å². The number of hydrogen-bond donors (Lipinski definition) is 1. The number of carbonyl (C=O) groups excluding carboxylic acids is 5. The van der Waals surface area contributed by atoms with E-state index in [0.717, 1.165) is 42.6 Å². The first-order valence-corrected chi connectivity index (χ1v) is 19.3. The van der Waals surface area contributed by atoms with E-state index in [1.165, 1.54) is 28.4 Å². The van der Waals surface area contributed by atoms with Gasteiger partial charge in [-0.2, -0.15) is 0 Å². The second kappa shape index (κ2) is 16.1. The number of nitrogens with zero attached hydrogens (tertiary/aromatic N) is 5. The van der Waals surface area contributed by atoms with Crippen LogP contribution in [0.4, 0.5) is 16.3 Å². The van der Waals surface area contributed by atoms with Crippen molar-refractivity contribution >= 4 is 62.8 Å². The summed E-state index contributed by atoms with van der Waals surface area (Å²) in [6.45, 7) is 6.10. The predicted molar refractivity (Wildman–Crippen MR) is 216 cm³/mol. The van der Waals surface area contributed by atoms with Gasteiger partial charge in [0.1, 0.15) is 34.8 Å². The lowest BCUT2D eigenvalue weighted by Gasteiger charge is -2.27. The highest BCUT2D eigenvalue weighted by atomic mass is 32.1. The number of carbonyl (C=O) groups is 5. The zero-order valence-electron chi connectivity index (χ0n) is 32.2. The maximum atomic E-state index is 13.4. The summed E-state index contributed by atoms with van der Waals surface area (Å²) in [6.07, 6.45) is 1.47. The van der Waals surface area contributed by atoms with E-state index in [0.29, 0.717) is 11.4 Å². The molecule has 5 amide bonds. The Morgan fingerprint density at radius 2 is 1.61 bits per heavy atom. The summed E-state index contributed by atoms with van der Waals surface area (Å²) in [5, 5.41) is 3.04. The van der Waals surface area contributed by atoms with Gasteiger partial charge in [-0.1, -0.05) is 24.3 Å². The van der Waals surface area contributed by atoms with Crippen molar-refractivity contribution in [2.45, 2.75) is 45.3 Å². The minimum absolute atomic E-state index is 0.0404. The molecule has 57 heavy (non-hydrogen) atoms. The van der Waals surface area contributed by atoms with Crippen LogP contribution in [0.2, 0.25) is 0 Å². The molecule has 0 bridgehead atoms. The molecule has 1 atom stereocenters. The average molecular weight is 791 g/mol. The fourth-order valence-corrected chi connectivity index (χ4v) is 7.49. The largest absolute Gasteiger partial charge is 0.491 e. The molecule has 0 saturated carbocycles. The van der Waals surface area contributed by atoms with Gasteiger partial charge in [0, 0.05) is 43.5 Å². The Labute approximate surface area is 333 Å². The van der Waals surface area contributed by atoms with E-state index in [2.05, 4.69) is 28.5 Å². The molecule has 2 aliphatic rings. The van der Waals surface area contributed by atoms with E-state index >= 15 is 0 Å². The molecule has 15 heteroatoms. The number of ether oxygens (including phenoxy) is 3. The minimum atomic E-state index is -1.05. The van der Waals surface area contributed by atoms with Crippen LogP contribution in [0.1, 0.15) is 54.3 Å². The van der Waals surface area contributed by atoms with Gasteiger partial charge in [-0.3, -0.25) is 34.3 Å². The molecule has 4 heterocycles. The molecule has 0 radical (unpaired) electrons. The molecule has 2 aliphatic heterocycles.